The Morgan fingerprint density at radius 2 is 2.11 bits per heavy atom. The quantitative estimate of drug-likeness (QED) is 0.789. The Kier molecular flexibility index (Phi) is 3.57. The number of aliphatic hydroxyl groups is 1. The topological polar surface area (TPSA) is 82.9 Å². The van der Waals surface area contributed by atoms with Crippen LogP contribution in [0.5, 0.6) is 5.75 Å². The zero-order valence-corrected chi connectivity index (χ0v) is 10.5. The number of pyridine rings is 1. The largest absolute Gasteiger partial charge is 0.492 e. The number of piperidine rings is 1. The Hall–Kier alpha value is -1.89. The van der Waals surface area contributed by atoms with Crippen molar-refractivity contribution >= 4 is 6.09 Å². The number of methoxy groups -OCH3 is 1. The van der Waals surface area contributed by atoms with Crippen LogP contribution in [0.25, 0.3) is 0 Å². The first-order valence-corrected chi connectivity index (χ1v) is 5.87. The van der Waals surface area contributed by atoms with Crippen LogP contribution in [0.2, 0.25) is 0 Å². The van der Waals surface area contributed by atoms with Gasteiger partial charge in [-0.15, -0.1) is 0 Å². The third-order valence-electron chi connectivity index (χ3n) is 3.37. The lowest BCUT2D eigenvalue weighted by molar-refractivity contribution is -0.0253. The average Bonchev–Trinajstić information content (AvgIpc) is 2.39. The first-order valence-electron chi connectivity index (χ1n) is 5.87. The van der Waals surface area contributed by atoms with E-state index in [1.807, 2.05) is 0 Å². The van der Waals surface area contributed by atoms with Crippen molar-refractivity contribution in [1.29, 1.82) is 0 Å². The summed E-state index contributed by atoms with van der Waals surface area (Å²) in [5, 5.41) is 19.3. The van der Waals surface area contributed by atoms with E-state index in [1.165, 1.54) is 24.1 Å². The molecule has 0 radical (unpaired) electrons. The van der Waals surface area contributed by atoms with Gasteiger partial charge in [-0.1, -0.05) is 0 Å². The fourth-order valence-corrected chi connectivity index (χ4v) is 2.16. The maximum absolute atomic E-state index is 13.5. The number of carbonyl (C=O) groups is 1. The van der Waals surface area contributed by atoms with Crippen molar-refractivity contribution in [2.45, 2.75) is 18.4 Å². The van der Waals surface area contributed by atoms with E-state index in [2.05, 4.69) is 4.98 Å². The number of hydrogen-bond donors (Lipinski definition) is 2. The van der Waals surface area contributed by atoms with Gasteiger partial charge < -0.3 is 19.8 Å². The molecule has 1 aromatic heterocycles. The number of carboxylic acid groups (broad SMARTS) is 1. The molecule has 2 heterocycles. The lowest BCUT2D eigenvalue weighted by Crippen LogP contribution is -2.45. The predicted molar refractivity (Wildman–Crippen MR) is 63.5 cm³/mol. The molecule has 0 unspecified atom stereocenters. The number of ether oxygens (including phenoxy) is 1. The monoisotopic (exact) mass is 270 g/mol. The van der Waals surface area contributed by atoms with E-state index in [0.717, 1.165) is 0 Å². The SMILES string of the molecule is COc1ccc(C2(O)CCN(C(=O)O)CC2)nc1F. The van der Waals surface area contributed by atoms with Gasteiger partial charge in [-0.2, -0.15) is 4.39 Å². The molecule has 6 nitrogen and oxygen atoms in total. The van der Waals surface area contributed by atoms with Gasteiger partial charge in [0.1, 0.15) is 5.60 Å². The molecule has 0 spiro atoms. The molecule has 0 aliphatic carbocycles. The van der Waals surface area contributed by atoms with E-state index >= 15 is 0 Å². The molecule has 19 heavy (non-hydrogen) atoms. The fourth-order valence-electron chi connectivity index (χ4n) is 2.16. The van der Waals surface area contributed by atoms with Crippen LogP contribution in [0.15, 0.2) is 12.1 Å². The number of halogens is 1. The smallest absolute Gasteiger partial charge is 0.407 e. The van der Waals surface area contributed by atoms with Gasteiger partial charge in [0.05, 0.1) is 12.8 Å². The molecule has 0 bridgehead atoms. The molecule has 0 saturated carbocycles. The normalized spacial score (nSPS) is 18.2. The fraction of sp³-hybridized carbons (Fsp3) is 0.500. The minimum atomic E-state index is -1.29. The number of nitrogens with zero attached hydrogens (tertiary/aromatic N) is 2. The molecule has 0 atom stereocenters. The van der Waals surface area contributed by atoms with Crippen molar-refractivity contribution in [3.05, 3.63) is 23.8 Å². The van der Waals surface area contributed by atoms with Gasteiger partial charge in [0.25, 0.3) is 5.95 Å². The summed E-state index contributed by atoms with van der Waals surface area (Å²) in [6.07, 6.45) is -0.633. The zero-order valence-electron chi connectivity index (χ0n) is 10.5. The van der Waals surface area contributed by atoms with Crippen LogP contribution in [0.3, 0.4) is 0 Å². The molecule has 2 rings (SSSR count). The third kappa shape index (κ3) is 2.60. The molecule has 1 aliphatic heterocycles. The molecule has 0 aromatic carbocycles. The van der Waals surface area contributed by atoms with Gasteiger partial charge in [0.2, 0.25) is 0 Å². The highest BCUT2D eigenvalue weighted by atomic mass is 19.1. The van der Waals surface area contributed by atoms with Crippen LogP contribution in [0.1, 0.15) is 18.5 Å². The summed E-state index contributed by atoms with van der Waals surface area (Å²) < 4.78 is 18.3. The van der Waals surface area contributed by atoms with E-state index in [0.29, 0.717) is 0 Å². The van der Waals surface area contributed by atoms with E-state index in [1.54, 1.807) is 0 Å². The standard InChI is InChI=1S/C12H15FN2O4/c1-19-8-2-3-9(14-10(8)13)12(18)4-6-15(7-5-12)11(16)17/h2-3,18H,4-7H2,1H3,(H,16,17). The van der Waals surface area contributed by atoms with Crippen LogP contribution in [-0.2, 0) is 5.60 Å². The number of amides is 1. The van der Waals surface area contributed by atoms with Gasteiger partial charge in [0.15, 0.2) is 5.75 Å². The molecular formula is C12H15FN2O4. The minimum absolute atomic E-state index is 0.00956. The van der Waals surface area contributed by atoms with E-state index in [-0.39, 0.29) is 37.4 Å². The average molecular weight is 270 g/mol. The lowest BCUT2D eigenvalue weighted by Gasteiger charge is -2.36. The number of likely N-dealkylation sites (tertiary alicyclic amines) is 1. The van der Waals surface area contributed by atoms with Gasteiger partial charge in [0, 0.05) is 13.1 Å². The van der Waals surface area contributed by atoms with Crippen molar-refractivity contribution < 1.29 is 24.1 Å². The number of rotatable bonds is 2. The minimum Gasteiger partial charge on any atom is -0.492 e. The Morgan fingerprint density at radius 1 is 1.47 bits per heavy atom. The van der Waals surface area contributed by atoms with E-state index in [9.17, 15) is 14.3 Å². The van der Waals surface area contributed by atoms with Gasteiger partial charge in [-0.3, -0.25) is 0 Å². The Labute approximate surface area is 109 Å². The summed E-state index contributed by atoms with van der Waals surface area (Å²) in [6.45, 7) is 0.391. The van der Waals surface area contributed by atoms with Gasteiger partial charge >= 0.3 is 6.09 Å². The first-order chi connectivity index (χ1) is 8.96. The second-order valence-corrected chi connectivity index (χ2v) is 4.49. The van der Waals surface area contributed by atoms with Crippen molar-refractivity contribution in [3.8, 4) is 5.75 Å². The molecule has 1 saturated heterocycles. The third-order valence-corrected chi connectivity index (χ3v) is 3.37. The summed E-state index contributed by atoms with van der Waals surface area (Å²) in [7, 11) is 1.33. The van der Waals surface area contributed by atoms with Crippen molar-refractivity contribution in [3.63, 3.8) is 0 Å². The number of aromatic nitrogens is 1. The van der Waals surface area contributed by atoms with Crippen molar-refractivity contribution in [2.24, 2.45) is 0 Å². The highest BCUT2D eigenvalue weighted by molar-refractivity contribution is 5.65. The summed E-state index contributed by atoms with van der Waals surface area (Å²) in [5.74, 6) is -0.774. The number of hydrogen-bond acceptors (Lipinski definition) is 4. The Morgan fingerprint density at radius 3 is 2.58 bits per heavy atom. The second-order valence-electron chi connectivity index (χ2n) is 4.49. The van der Waals surface area contributed by atoms with Crippen LogP contribution in [-0.4, -0.2) is 46.4 Å². The summed E-state index contributed by atoms with van der Waals surface area (Å²) >= 11 is 0. The molecular weight excluding hydrogens is 255 g/mol. The zero-order chi connectivity index (χ0) is 14.0. The molecule has 2 N–H and O–H groups in total. The molecule has 1 amide bonds. The molecule has 1 aromatic rings. The molecule has 104 valence electrons. The van der Waals surface area contributed by atoms with Gasteiger partial charge in [-0.05, 0) is 25.0 Å². The second kappa shape index (κ2) is 5.00. The summed E-state index contributed by atoms with van der Waals surface area (Å²) in [6, 6.07) is 2.90. The molecule has 7 heteroatoms. The Balaban J connectivity index is 2.18. The van der Waals surface area contributed by atoms with Crippen LogP contribution in [0, 0.1) is 5.95 Å². The van der Waals surface area contributed by atoms with E-state index in [4.69, 9.17) is 9.84 Å². The van der Waals surface area contributed by atoms with Crippen molar-refractivity contribution in [2.75, 3.05) is 20.2 Å². The predicted octanol–water partition coefficient (Wildman–Crippen LogP) is 1.19. The maximum Gasteiger partial charge on any atom is 0.407 e. The molecule has 1 fully saturated rings. The summed E-state index contributed by atoms with van der Waals surface area (Å²) in [4.78, 5) is 15.7. The van der Waals surface area contributed by atoms with Crippen LogP contribution < -0.4 is 4.74 Å². The lowest BCUT2D eigenvalue weighted by atomic mass is 9.88. The highest BCUT2D eigenvalue weighted by Gasteiger charge is 2.37. The van der Waals surface area contributed by atoms with E-state index < -0.39 is 17.6 Å². The summed E-state index contributed by atoms with van der Waals surface area (Å²) in [5.41, 5.74) is -1.09. The maximum atomic E-state index is 13.5. The molecule has 1 aliphatic rings. The van der Waals surface area contributed by atoms with Gasteiger partial charge in [-0.25, -0.2) is 9.78 Å². The van der Waals surface area contributed by atoms with Crippen LogP contribution >= 0.6 is 0 Å². The highest BCUT2D eigenvalue weighted by Crippen LogP contribution is 2.32. The van der Waals surface area contributed by atoms with Crippen molar-refractivity contribution in [1.82, 2.24) is 9.88 Å². The van der Waals surface area contributed by atoms with Crippen LogP contribution in [0.4, 0.5) is 9.18 Å². The first kappa shape index (κ1) is 13.5. The Bertz CT molecular complexity index is 487.